The molecule has 1 atom stereocenters. The molecule has 0 spiro atoms. The maximum atomic E-state index is 12.8. The number of carboxylic acid groups (broad SMARTS) is 1. The summed E-state index contributed by atoms with van der Waals surface area (Å²) >= 11 is 0. The van der Waals surface area contributed by atoms with Crippen LogP contribution in [0.4, 0.5) is 5.69 Å². The quantitative estimate of drug-likeness (QED) is 0.593. The molecule has 0 radical (unpaired) electrons. The van der Waals surface area contributed by atoms with Gasteiger partial charge in [0.15, 0.2) is 11.5 Å². The molecule has 0 saturated heterocycles. The van der Waals surface area contributed by atoms with Crippen LogP contribution in [0.25, 0.3) is 0 Å². The van der Waals surface area contributed by atoms with Crippen molar-refractivity contribution in [3.8, 4) is 11.5 Å². The molecule has 0 saturated carbocycles. The fraction of sp³-hybridized carbons (Fsp3) is 0.550. The van der Waals surface area contributed by atoms with E-state index in [1.54, 1.807) is 20.8 Å². The maximum absolute atomic E-state index is 12.8. The fourth-order valence-electron chi connectivity index (χ4n) is 2.38. The van der Waals surface area contributed by atoms with Crippen LogP contribution in [0.2, 0.25) is 0 Å². The molecule has 0 heterocycles. The Kier molecular flexibility index (Phi) is 8.28. The van der Waals surface area contributed by atoms with Crippen LogP contribution in [0, 0.1) is 5.41 Å². The van der Waals surface area contributed by atoms with Crippen molar-refractivity contribution in [2.24, 2.45) is 5.41 Å². The molecular weight excluding hydrogens is 364 g/mol. The third-order valence-corrected chi connectivity index (χ3v) is 4.15. The van der Waals surface area contributed by atoms with E-state index in [1.807, 2.05) is 6.92 Å². The lowest BCUT2D eigenvalue weighted by Gasteiger charge is -2.21. The highest BCUT2D eigenvalue weighted by Crippen LogP contribution is 2.34. The van der Waals surface area contributed by atoms with Crippen LogP contribution in [-0.4, -0.2) is 43.2 Å². The zero-order valence-electron chi connectivity index (χ0n) is 17.3. The van der Waals surface area contributed by atoms with E-state index in [4.69, 9.17) is 9.47 Å². The number of ether oxygens (including phenoxy) is 2. The molecule has 0 bridgehead atoms. The molecule has 28 heavy (non-hydrogen) atoms. The lowest BCUT2D eigenvalue weighted by atomic mass is 9.95. The first kappa shape index (κ1) is 23.3. The van der Waals surface area contributed by atoms with E-state index < -0.39 is 23.3 Å². The topological polar surface area (TPSA) is 114 Å². The van der Waals surface area contributed by atoms with Gasteiger partial charge in [-0.05, 0) is 12.5 Å². The minimum absolute atomic E-state index is 0.0954. The van der Waals surface area contributed by atoms with Gasteiger partial charge in [0.1, 0.15) is 6.04 Å². The van der Waals surface area contributed by atoms with Gasteiger partial charge in [0, 0.05) is 11.5 Å². The number of carboxylic acids is 1. The number of carbonyl (C=O) groups is 3. The number of nitrogens with one attached hydrogen (secondary N) is 2. The van der Waals surface area contributed by atoms with Gasteiger partial charge in [0.2, 0.25) is 5.91 Å². The molecule has 156 valence electrons. The molecular formula is C20H30N2O6. The summed E-state index contributed by atoms with van der Waals surface area (Å²) < 4.78 is 10.5. The molecule has 8 nitrogen and oxygen atoms in total. The standard InChI is InChI=1S/C20H30N2O6/c1-7-8-9-13(18(24)25)21-17(23)12-10-15(27-5)16(28-6)11-14(12)22-19(26)20(2,3)4/h10-11,13H,7-9H2,1-6H3,(H,21,23)(H,22,26)(H,24,25)/t13-/m0/s1. The number of carbonyl (C=O) groups excluding carboxylic acids is 2. The molecule has 0 unspecified atom stereocenters. The summed E-state index contributed by atoms with van der Waals surface area (Å²) in [7, 11) is 2.87. The number of aliphatic carboxylic acids is 1. The predicted molar refractivity (Wildman–Crippen MR) is 106 cm³/mol. The number of hydrogen-bond donors (Lipinski definition) is 3. The summed E-state index contributed by atoms with van der Waals surface area (Å²) in [6.45, 7) is 7.17. The third-order valence-electron chi connectivity index (χ3n) is 4.15. The van der Waals surface area contributed by atoms with Crippen molar-refractivity contribution in [3.63, 3.8) is 0 Å². The first-order chi connectivity index (χ1) is 13.0. The Morgan fingerprint density at radius 2 is 1.68 bits per heavy atom. The number of anilines is 1. The third kappa shape index (κ3) is 6.14. The van der Waals surface area contributed by atoms with E-state index in [9.17, 15) is 19.5 Å². The Labute approximate surface area is 165 Å². The van der Waals surface area contributed by atoms with Crippen LogP contribution < -0.4 is 20.1 Å². The minimum Gasteiger partial charge on any atom is -0.493 e. The smallest absolute Gasteiger partial charge is 0.326 e. The zero-order chi connectivity index (χ0) is 21.5. The van der Waals surface area contributed by atoms with Gasteiger partial charge < -0.3 is 25.2 Å². The van der Waals surface area contributed by atoms with Crippen molar-refractivity contribution in [2.75, 3.05) is 19.5 Å². The Hall–Kier alpha value is -2.77. The summed E-state index contributed by atoms with van der Waals surface area (Å²) in [5.74, 6) is -1.39. The van der Waals surface area contributed by atoms with Gasteiger partial charge in [0.05, 0.1) is 25.5 Å². The number of hydrogen-bond acceptors (Lipinski definition) is 5. The molecule has 0 aromatic heterocycles. The van der Waals surface area contributed by atoms with Gasteiger partial charge in [-0.2, -0.15) is 0 Å². The average molecular weight is 394 g/mol. The van der Waals surface area contributed by atoms with Crippen LogP contribution in [0.1, 0.15) is 57.3 Å². The highest BCUT2D eigenvalue weighted by Gasteiger charge is 2.27. The van der Waals surface area contributed by atoms with Crippen LogP contribution in [0.15, 0.2) is 12.1 Å². The van der Waals surface area contributed by atoms with Crippen molar-refractivity contribution in [1.29, 1.82) is 0 Å². The van der Waals surface area contributed by atoms with Gasteiger partial charge in [-0.3, -0.25) is 9.59 Å². The molecule has 0 fully saturated rings. The first-order valence-electron chi connectivity index (χ1n) is 9.16. The normalized spacial score (nSPS) is 12.1. The fourth-order valence-corrected chi connectivity index (χ4v) is 2.38. The molecule has 1 rings (SSSR count). The Morgan fingerprint density at radius 1 is 1.11 bits per heavy atom. The molecule has 8 heteroatoms. The second-order valence-corrected chi connectivity index (χ2v) is 7.46. The Morgan fingerprint density at radius 3 is 2.14 bits per heavy atom. The molecule has 1 aromatic rings. The average Bonchev–Trinajstić information content (AvgIpc) is 2.63. The number of methoxy groups -OCH3 is 2. The zero-order valence-corrected chi connectivity index (χ0v) is 17.3. The Bertz CT molecular complexity index is 724. The van der Waals surface area contributed by atoms with Crippen molar-refractivity contribution in [2.45, 2.75) is 53.0 Å². The molecule has 0 aliphatic heterocycles. The summed E-state index contributed by atoms with van der Waals surface area (Å²) in [4.78, 5) is 36.7. The second-order valence-electron chi connectivity index (χ2n) is 7.46. The van der Waals surface area contributed by atoms with E-state index in [-0.39, 0.29) is 17.2 Å². The molecule has 3 N–H and O–H groups in total. The maximum Gasteiger partial charge on any atom is 0.326 e. The lowest BCUT2D eigenvalue weighted by Crippen LogP contribution is -2.41. The van der Waals surface area contributed by atoms with Gasteiger partial charge in [0.25, 0.3) is 5.91 Å². The van der Waals surface area contributed by atoms with Crippen LogP contribution in [0.3, 0.4) is 0 Å². The van der Waals surface area contributed by atoms with Gasteiger partial charge >= 0.3 is 5.97 Å². The SMILES string of the molecule is CCCC[C@H](NC(=O)c1cc(OC)c(OC)cc1NC(=O)C(C)(C)C)C(=O)O. The first-order valence-corrected chi connectivity index (χ1v) is 9.16. The predicted octanol–water partition coefficient (Wildman–Crippen LogP) is 3.06. The number of amides is 2. The monoisotopic (exact) mass is 394 g/mol. The highest BCUT2D eigenvalue weighted by molar-refractivity contribution is 6.06. The number of benzene rings is 1. The highest BCUT2D eigenvalue weighted by atomic mass is 16.5. The summed E-state index contributed by atoms with van der Waals surface area (Å²) in [5.41, 5.74) is -0.376. The summed E-state index contributed by atoms with van der Waals surface area (Å²) in [6, 6.07) is 1.89. The van der Waals surface area contributed by atoms with Crippen molar-refractivity contribution >= 4 is 23.5 Å². The van der Waals surface area contributed by atoms with Crippen molar-refractivity contribution in [3.05, 3.63) is 17.7 Å². The molecule has 0 aliphatic carbocycles. The van der Waals surface area contributed by atoms with E-state index >= 15 is 0 Å². The summed E-state index contributed by atoms with van der Waals surface area (Å²) in [5, 5.41) is 14.6. The Balaban J connectivity index is 3.30. The van der Waals surface area contributed by atoms with E-state index in [0.29, 0.717) is 24.3 Å². The molecule has 0 aliphatic rings. The van der Waals surface area contributed by atoms with Crippen LogP contribution >= 0.6 is 0 Å². The van der Waals surface area contributed by atoms with Gasteiger partial charge in [-0.25, -0.2) is 4.79 Å². The lowest BCUT2D eigenvalue weighted by molar-refractivity contribution is -0.139. The number of unbranched alkanes of at least 4 members (excludes halogenated alkanes) is 1. The second kappa shape index (κ2) is 9.96. The molecule has 1 aromatic carbocycles. The van der Waals surface area contributed by atoms with Crippen molar-refractivity contribution in [1.82, 2.24) is 5.32 Å². The van der Waals surface area contributed by atoms with E-state index in [2.05, 4.69) is 10.6 Å². The van der Waals surface area contributed by atoms with Gasteiger partial charge in [-0.15, -0.1) is 0 Å². The van der Waals surface area contributed by atoms with E-state index in [1.165, 1.54) is 26.4 Å². The van der Waals surface area contributed by atoms with E-state index in [0.717, 1.165) is 6.42 Å². The molecule has 2 amide bonds. The van der Waals surface area contributed by atoms with Gasteiger partial charge in [-0.1, -0.05) is 40.5 Å². The largest absolute Gasteiger partial charge is 0.493 e. The minimum atomic E-state index is -1.11. The van der Waals surface area contributed by atoms with Crippen LogP contribution in [0.5, 0.6) is 11.5 Å². The number of rotatable bonds is 9. The summed E-state index contributed by atoms with van der Waals surface area (Å²) in [6.07, 6.45) is 1.79. The van der Waals surface area contributed by atoms with Crippen LogP contribution in [-0.2, 0) is 9.59 Å². The van der Waals surface area contributed by atoms with Crippen molar-refractivity contribution < 1.29 is 29.0 Å².